The van der Waals surface area contributed by atoms with Gasteiger partial charge in [0.15, 0.2) is 0 Å². The van der Waals surface area contributed by atoms with Crippen molar-refractivity contribution < 1.29 is 4.74 Å². The minimum atomic E-state index is 0.0986. The van der Waals surface area contributed by atoms with E-state index >= 15 is 0 Å². The van der Waals surface area contributed by atoms with Crippen LogP contribution in [0.25, 0.3) is 0 Å². The lowest BCUT2D eigenvalue weighted by Gasteiger charge is -2.06. The summed E-state index contributed by atoms with van der Waals surface area (Å²) in [7, 11) is 1.72. The Bertz CT molecular complexity index is 310. The highest BCUT2D eigenvalue weighted by Gasteiger charge is 2.12. The number of hydrogen-bond acceptors (Lipinski definition) is 4. The molecule has 1 aromatic rings. The Balaban J connectivity index is 2.68. The molecule has 0 aliphatic carbocycles. The molecule has 0 spiro atoms. The smallest absolute Gasteiger partial charge is 0.122 e. The zero-order chi connectivity index (χ0) is 11.4. The highest BCUT2D eigenvalue weighted by atomic mass is 32.1. The van der Waals surface area contributed by atoms with Crippen LogP contribution < -0.4 is 5.32 Å². The molecule has 0 saturated heterocycles. The first-order chi connectivity index (χ1) is 7.04. The molecule has 4 heteroatoms. The van der Waals surface area contributed by atoms with Gasteiger partial charge in [-0.3, -0.25) is 0 Å². The van der Waals surface area contributed by atoms with E-state index in [4.69, 9.17) is 4.74 Å². The Morgan fingerprint density at radius 1 is 1.40 bits per heavy atom. The molecule has 1 unspecified atom stereocenters. The SMILES string of the molecule is COC(C)c1nc(C)c(CNC(C)C)s1. The van der Waals surface area contributed by atoms with E-state index < -0.39 is 0 Å². The number of aromatic nitrogens is 1. The van der Waals surface area contributed by atoms with Gasteiger partial charge < -0.3 is 10.1 Å². The summed E-state index contributed by atoms with van der Waals surface area (Å²) >= 11 is 1.74. The average Bonchev–Trinajstić information content (AvgIpc) is 2.55. The van der Waals surface area contributed by atoms with E-state index in [2.05, 4.69) is 31.1 Å². The Kier molecular flexibility index (Phi) is 4.70. The molecular formula is C11H20N2OS. The van der Waals surface area contributed by atoms with Crippen molar-refractivity contribution in [3.63, 3.8) is 0 Å². The lowest BCUT2D eigenvalue weighted by molar-refractivity contribution is 0.119. The molecule has 0 aliphatic rings. The van der Waals surface area contributed by atoms with Crippen molar-refractivity contribution in [2.75, 3.05) is 7.11 Å². The van der Waals surface area contributed by atoms with E-state index in [1.54, 1.807) is 18.4 Å². The third kappa shape index (κ3) is 3.55. The second-order valence-corrected chi connectivity index (χ2v) is 5.09. The Morgan fingerprint density at radius 2 is 2.07 bits per heavy atom. The van der Waals surface area contributed by atoms with Crippen molar-refractivity contribution >= 4 is 11.3 Å². The average molecular weight is 228 g/mol. The third-order valence-electron chi connectivity index (χ3n) is 2.28. The minimum Gasteiger partial charge on any atom is -0.375 e. The third-order valence-corrected chi connectivity index (χ3v) is 3.60. The van der Waals surface area contributed by atoms with Crippen LogP contribution in [-0.2, 0) is 11.3 Å². The van der Waals surface area contributed by atoms with Crippen molar-refractivity contribution in [1.82, 2.24) is 10.3 Å². The number of thiazole rings is 1. The summed E-state index contributed by atoms with van der Waals surface area (Å²) in [6.07, 6.45) is 0.0986. The zero-order valence-electron chi connectivity index (χ0n) is 10.1. The molecule has 1 heterocycles. The maximum Gasteiger partial charge on any atom is 0.122 e. The largest absolute Gasteiger partial charge is 0.375 e. The second-order valence-electron chi connectivity index (χ2n) is 3.97. The van der Waals surface area contributed by atoms with E-state index in [9.17, 15) is 0 Å². The van der Waals surface area contributed by atoms with Crippen molar-refractivity contribution in [1.29, 1.82) is 0 Å². The predicted octanol–water partition coefficient (Wildman–Crippen LogP) is 2.66. The van der Waals surface area contributed by atoms with E-state index in [0.717, 1.165) is 17.2 Å². The number of ether oxygens (including phenoxy) is 1. The van der Waals surface area contributed by atoms with Crippen LogP contribution in [0.3, 0.4) is 0 Å². The number of aryl methyl sites for hydroxylation is 1. The van der Waals surface area contributed by atoms with Crippen LogP contribution in [0.5, 0.6) is 0 Å². The van der Waals surface area contributed by atoms with Crippen molar-refractivity contribution in [3.05, 3.63) is 15.6 Å². The van der Waals surface area contributed by atoms with Gasteiger partial charge in [0.2, 0.25) is 0 Å². The molecule has 0 saturated carbocycles. The minimum absolute atomic E-state index is 0.0986. The van der Waals surface area contributed by atoms with Crippen LogP contribution in [0.15, 0.2) is 0 Å². The van der Waals surface area contributed by atoms with Gasteiger partial charge >= 0.3 is 0 Å². The van der Waals surface area contributed by atoms with Gasteiger partial charge in [0.05, 0.1) is 5.69 Å². The number of nitrogens with zero attached hydrogens (tertiary/aromatic N) is 1. The van der Waals surface area contributed by atoms with Crippen LogP contribution in [0, 0.1) is 6.92 Å². The molecule has 3 nitrogen and oxygen atoms in total. The normalized spacial score (nSPS) is 13.5. The molecule has 0 fully saturated rings. The van der Waals surface area contributed by atoms with E-state index in [-0.39, 0.29) is 6.10 Å². The Morgan fingerprint density at radius 3 is 2.60 bits per heavy atom. The van der Waals surface area contributed by atoms with Gasteiger partial charge in [-0.05, 0) is 13.8 Å². The number of hydrogen-bond donors (Lipinski definition) is 1. The molecule has 1 rings (SSSR count). The van der Waals surface area contributed by atoms with Crippen LogP contribution in [-0.4, -0.2) is 18.1 Å². The highest BCUT2D eigenvalue weighted by Crippen LogP contribution is 2.25. The topological polar surface area (TPSA) is 34.1 Å². The lowest BCUT2D eigenvalue weighted by atomic mass is 10.3. The fourth-order valence-electron chi connectivity index (χ4n) is 1.19. The Hall–Kier alpha value is -0.450. The molecule has 0 amide bonds. The van der Waals surface area contributed by atoms with Crippen LogP contribution >= 0.6 is 11.3 Å². The fourth-order valence-corrected chi connectivity index (χ4v) is 2.23. The van der Waals surface area contributed by atoms with E-state index in [1.807, 2.05) is 6.92 Å². The summed E-state index contributed by atoms with van der Waals surface area (Å²) in [4.78, 5) is 5.82. The Labute approximate surface area is 95.9 Å². The molecular weight excluding hydrogens is 208 g/mol. The van der Waals surface area contributed by atoms with Gasteiger partial charge in [0.25, 0.3) is 0 Å². The van der Waals surface area contributed by atoms with Crippen LogP contribution in [0.1, 0.15) is 42.5 Å². The van der Waals surface area contributed by atoms with E-state index in [0.29, 0.717) is 6.04 Å². The molecule has 0 bridgehead atoms. The molecule has 1 atom stereocenters. The molecule has 1 N–H and O–H groups in total. The van der Waals surface area contributed by atoms with Gasteiger partial charge in [-0.15, -0.1) is 11.3 Å². The van der Waals surface area contributed by atoms with Crippen molar-refractivity contribution in [2.24, 2.45) is 0 Å². The zero-order valence-corrected chi connectivity index (χ0v) is 10.9. The number of rotatable bonds is 5. The summed E-state index contributed by atoms with van der Waals surface area (Å²) in [5.41, 5.74) is 1.12. The molecule has 15 heavy (non-hydrogen) atoms. The summed E-state index contributed by atoms with van der Waals surface area (Å²) in [5, 5.41) is 4.47. The standard InChI is InChI=1S/C11H20N2OS/c1-7(2)12-6-10-8(3)13-11(15-10)9(4)14-5/h7,9,12H,6H2,1-5H3. The first-order valence-electron chi connectivity index (χ1n) is 5.27. The first-order valence-corrected chi connectivity index (χ1v) is 6.08. The summed E-state index contributed by atoms with van der Waals surface area (Å²) < 4.78 is 5.26. The van der Waals surface area contributed by atoms with Crippen LogP contribution in [0.4, 0.5) is 0 Å². The second kappa shape index (κ2) is 5.58. The summed E-state index contributed by atoms with van der Waals surface area (Å²) in [6, 6.07) is 0.509. The molecule has 1 aromatic heterocycles. The predicted molar refractivity (Wildman–Crippen MR) is 64.3 cm³/mol. The summed E-state index contributed by atoms with van der Waals surface area (Å²) in [5.74, 6) is 0. The molecule has 0 radical (unpaired) electrons. The maximum absolute atomic E-state index is 5.26. The fraction of sp³-hybridized carbons (Fsp3) is 0.727. The van der Waals surface area contributed by atoms with Crippen molar-refractivity contribution in [2.45, 2.75) is 46.4 Å². The van der Waals surface area contributed by atoms with E-state index in [1.165, 1.54) is 4.88 Å². The van der Waals surface area contributed by atoms with Crippen molar-refractivity contribution in [3.8, 4) is 0 Å². The van der Waals surface area contributed by atoms with Gasteiger partial charge in [0.1, 0.15) is 11.1 Å². The number of methoxy groups -OCH3 is 1. The number of nitrogens with one attached hydrogen (secondary N) is 1. The van der Waals surface area contributed by atoms with Gasteiger partial charge in [-0.2, -0.15) is 0 Å². The summed E-state index contributed by atoms with van der Waals surface area (Å²) in [6.45, 7) is 9.28. The highest BCUT2D eigenvalue weighted by molar-refractivity contribution is 7.11. The molecule has 0 aromatic carbocycles. The van der Waals surface area contributed by atoms with Gasteiger partial charge in [0, 0.05) is 24.6 Å². The lowest BCUT2D eigenvalue weighted by Crippen LogP contribution is -2.21. The molecule has 86 valence electrons. The van der Waals surface area contributed by atoms with Crippen LogP contribution in [0.2, 0.25) is 0 Å². The maximum atomic E-state index is 5.26. The first kappa shape index (κ1) is 12.6. The van der Waals surface area contributed by atoms with Gasteiger partial charge in [-0.25, -0.2) is 4.98 Å². The molecule has 0 aliphatic heterocycles. The quantitative estimate of drug-likeness (QED) is 0.841. The monoisotopic (exact) mass is 228 g/mol. The van der Waals surface area contributed by atoms with Gasteiger partial charge in [-0.1, -0.05) is 13.8 Å².